The van der Waals surface area contributed by atoms with Crippen LogP contribution in [-0.2, 0) is 10.0 Å². The van der Waals surface area contributed by atoms with Gasteiger partial charge in [0.1, 0.15) is 5.75 Å². The third-order valence-electron chi connectivity index (χ3n) is 2.54. The summed E-state index contributed by atoms with van der Waals surface area (Å²) >= 11 is 0. The number of sulfonamides is 1. The summed E-state index contributed by atoms with van der Waals surface area (Å²) < 4.78 is 28.2. The first-order valence-corrected chi connectivity index (χ1v) is 7.17. The highest BCUT2D eigenvalue weighted by molar-refractivity contribution is 7.89. The van der Waals surface area contributed by atoms with Crippen molar-refractivity contribution in [2.24, 2.45) is 5.14 Å². The Morgan fingerprint density at radius 3 is 2.22 bits per heavy atom. The Labute approximate surface area is 109 Å². The van der Waals surface area contributed by atoms with Gasteiger partial charge >= 0.3 is 0 Å². The lowest BCUT2D eigenvalue weighted by atomic mass is 10.1. The summed E-state index contributed by atoms with van der Waals surface area (Å²) in [6.07, 6.45) is 0.774. The molecule has 1 rings (SSSR count). The van der Waals surface area contributed by atoms with E-state index in [9.17, 15) is 8.42 Å². The summed E-state index contributed by atoms with van der Waals surface area (Å²) in [5, 5.41) is 5.10. The van der Waals surface area contributed by atoms with Crippen LogP contribution < -0.4 is 9.88 Å². The first kappa shape index (κ1) is 14.7. The molecular weight excluding hydrogens is 250 g/mol. The quantitative estimate of drug-likeness (QED) is 0.834. The molecule has 0 amide bonds. The summed E-state index contributed by atoms with van der Waals surface area (Å²) in [6, 6.07) is 3.05. The van der Waals surface area contributed by atoms with Crippen LogP contribution in [0.5, 0.6) is 5.75 Å². The predicted molar refractivity (Wildman–Crippen MR) is 72.2 cm³/mol. The maximum Gasteiger partial charge on any atom is 0.238 e. The molecule has 0 spiro atoms. The average Bonchev–Trinajstić information content (AvgIpc) is 2.20. The first-order chi connectivity index (χ1) is 8.21. The first-order valence-electron chi connectivity index (χ1n) is 5.63. The highest BCUT2D eigenvalue weighted by atomic mass is 32.2. The van der Waals surface area contributed by atoms with Crippen molar-refractivity contribution in [2.45, 2.75) is 32.1 Å². The van der Waals surface area contributed by atoms with Crippen LogP contribution in [0, 0.1) is 13.8 Å². The molecule has 0 saturated heterocycles. The lowest BCUT2D eigenvalue weighted by Gasteiger charge is -2.13. The molecule has 100 valence electrons. The van der Waals surface area contributed by atoms with Gasteiger partial charge < -0.3 is 4.74 Å². The Morgan fingerprint density at radius 1 is 1.33 bits per heavy atom. The molecule has 0 heterocycles. The van der Waals surface area contributed by atoms with Crippen LogP contribution in [0.25, 0.3) is 0 Å². The van der Waals surface area contributed by atoms with Crippen LogP contribution >= 0.6 is 0 Å². The molecule has 0 aromatic heterocycles. The van der Waals surface area contributed by atoms with Gasteiger partial charge in [-0.1, -0.05) is 5.57 Å². The minimum absolute atomic E-state index is 0.116. The molecule has 1 aromatic rings. The molecule has 0 bridgehead atoms. The van der Waals surface area contributed by atoms with Crippen LogP contribution in [0.4, 0.5) is 0 Å². The molecule has 2 N–H and O–H groups in total. The van der Waals surface area contributed by atoms with E-state index >= 15 is 0 Å². The highest BCUT2D eigenvalue weighted by Crippen LogP contribution is 2.26. The topological polar surface area (TPSA) is 69.4 Å². The van der Waals surface area contributed by atoms with E-state index in [1.54, 1.807) is 13.8 Å². The SMILES string of the molecule is C=C(C)CCOc1c(C)cc(S(N)(=O)=O)cc1C. The number of primary sulfonamides is 1. The van der Waals surface area contributed by atoms with Crippen molar-refractivity contribution >= 4 is 10.0 Å². The molecular formula is C13H19NO3S. The van der Waals surface area contributed by atoms with Gasteiger partial charge in [0.15, 0.2) is 0 Å². The Kier molecular flexibility index (Phi) is 4.53. The van der Waals surface area contributed by atoms with Gasteiger partial charge in [-0.3, -0.25) is 0 Å². The summed E-state index contributed by atoms with van der Waals surface area (Å²) in [6.45, 7) is 9.88. The number of aryl methyl sites for hydroxylation is 2. The molecule has 0 aliphatic carbocycles. The lowest BCUT2D eigenvalue weighted by Crippen LogP contribution is -2.13. The largest absolute Gasteiger partial charge is 0.493 e. The summed E-state index contributed by atoms with van der Waals surface area (Å²) in [4.78, 5) is 0.116. The zero-order valence-corrected chi connectivity index (χ0v) is 11.8. The van der Waals surface area contributed by atoms with E-state index in [-0.39, 0.29) is 4.90 Å². The molecule has 0 unspecified atom stereocenters. The molecule has 4 nitrogen and oxygen atoms in total. The number of hydrogen-bond donors (Lipinski definition) is 1. The van der Waals surface area contributed by atoms with Gasteiger partial charge in [-0.25, -0.2) is 13.6 Å². The fraction of sp³-hybridized carbons (Fsp3) is 0.385. The van der Waals surface area contributed by atoms with Gasteiger partial charge in [0.05, 0.1) is 11.5 Å². The second kappa shape index (κ2) is 5.54. The third kappa shape index (κ3) is 3.85. The van der Waals surface area contributed by atoms with Gasteiger partial charge in [0, 0.05) is 6.42 Å². The van der Waals surface area contributed by atoms with E-state index in [4.69, 9.17) is 9.88 Å². The average molecular weight is 269 g/mol. The number of nitrogens with two attached hydrogens (primary N) is 1. The van der Waals surface area contributed by atoms with Crippen molar-refractivity contribution in [3.8, 4) is 5.75 Å². The van der Waals surface area contributed by atoms with E-state index < -0.39 is 10.0 Å². The third-order valence-corrected chi connectivity index (χ3v) is 3.43. The van der Waals surface area contributed by atoms with Crippen molar-refractivity contribution < 1.29 is 13.2 Å². The number of benzene rings is 1. The van der Waals surface area contributed by atoms with Crippen LogP contribution in [-0.4, -0.2) is 15.0 Å². The van der Waals surface area contributed by atoms with Gasteiger partial charge in [-0.2, -0.15) is 0 Å². The Morgan fingerprint density at radius 2 is 1.83 bits per heavy atom. The van der Waals surface area contributed by atoms with Crippen molar-refractivity contribution in [3.05, 3.63) is 35.4 Å². The monoisotopic (exact) mass is 269 g/mol. The molecule has 0 fully saturated rings. The molecule has 0 radical (unpaired) electrons. The smallest absolute Gasteiger partial charge is 0.238 e. The highest BCUT2D eigenvalue weighted by Gasteiger charge is 2.13. The van der Waals surface area contributed by atoms with Crippen molar-refractivity contribution in [1.82, 2.24) is 0 Å². The number of hydrogen-bond acceptors (Lipinski definition) is 3. The Balaban J connectivity index is 2.99. The lowest BCUT2D eigenvalue weighted by molar-refractivity contribution is 0.317. The van der Waals surface area contributed by atoms with Crippen molar-refractivity contribution in [2.75, 3.05) is 6.61 Å². The van der Waals surface area contributed by atoms with Crippen LogP contribution in [0.1, 0.15) is 24.5 Å². The Hall–Kier alpha value is -1.33. The second-order valence-corrected chi connectivity index (χ2v) is 6.05. The fourth-order valence-electron chi connectivity index (χ4n) is 1.63. The molecule has 0 aliphatic rings. The number of ether oxygens (including phenoxy) is 1. The summed E-state index contributed by atoms with van der Waals surface area (Å²) in [7, 11) is -3.67. The summed E-state index contributed by atoms with van der Waals surface area (Å²) in [5.74, 6) is 0.712. The van der Waals surface area contributed by atoms with Gasteiger partial charge in [0.2, 0.25) is 10.0 Å². The molecule has 1 aromatic carbocycles. The zero-order chi connectivity index (χ0) is 13.9. The molecule has 5 heteroatoms. The van der Waals surface area contributed by atoms with Gasteiger partial charge in [-0.05, 0) is 44.0 Å². The molecule has 0 aliphatic heterocycles. The maximum atomic E-state index is 11.3. The van der Waals surface area contributed by atoms with Crippen molar-refractivity contribution in [1.29, 1.82) is 0 Å². The zero-order valence-electron chi connectivity index (χ0n) is 11.0. The minimum Gasteiger partial charge on any atom is -0.493 e. The number of rotatable bonds is 5. The van der Waals surface area contributed by atoms with Gasteiger partial charge in [-0.15, -0.1) is 6.58 Å². The predicted octanol–water partition coefficient (Wildman–Crippen LogP) is 2.30. The van der Waals surface area contributed by atoms with Crippen molar-refractivity contribution in [3.63, 3.8) is 0 Å². The van der Waals surface area contributed by atoms with Crippen LogP contribution in [0.2, 0.25) is 0 Å². The standard InChI is InChI=1S/C13H19NO3S/c1-9(2)5-6-17-13-10(3)7-12(8-11(13)4)18(14,15)16/h7-8H,1,5-6H2,2-4H3,(H2,14,15,16). The van der Waals surface area contributed by atoms with Crippen LogP contribution in [0.15, 0.2) is 29.2 Å². The van der Waals surface area contributed by atoms with E-state index in [1.807, 2.05) is 6.92 Å². The maximum absolute atomic E-state index is 11.3. The minimum atomic E-state index is -3.67. The second-order valence-electron chi connectivity index (χ2n) is 4.49. The van der Waals surface area contributed by atoms with Gasteiger partial charge in [0.25, 0.3) is 0 Å². The molecule has 0 atom stereocenters. The van der Waals surface area contributed by atoms with Crippen LogP contribution in [0.3, 0.4) is 0 Å². The van der Waals surface area contributed by atoms with E-state index in [0.29, 0.717) is 12.4 Å². The molecule has 0 saturated carbocycles. The Bertz CT molecular complexity index is 539. The molecule has 18 heavy (non-hydrogen) atoms. The van der Waals surface area contributed by atoms with E-state index in [0.717, 1.165) is 23.1 Å². The fourth-order valence-corrected chi connectivity index (χ4v) is 2.31. The normalized spacial score (nSPS) is 11.3. The van der Waals surface area contributed by atoms with E-state index in [1.165, 1.54) is 12.1 Å². The summed E-state index contributed by atoms with van der Waals surface area (Å²) in [5.41, 5.74) is 2.58. The van der Waals surface area contributed by atoms with E-state index in [2.05, 4.69) is 6.58 Å².